The molecule has 0 bridgehead atoms. The lowest BCUT2D eigenvalue weighted by Crippen LogP contribution is -2.22. The summed E-state index contributed by atoms with van der Waals surface area (Å²) in [6.07, 6.45) is 2.62. The van der Waals surface area contributed by atoms with Crippen molar-refractivity contribution in [3.8, 4) is 5.69 Å². The van der Waals surface area contributed by atoms with Gasteiger partial charge in [0, 0.05) is 6.54 Å². The minimum Gasteiger partial charge on any atom is -0.391 e. The molecular weight excluding hydrogens is 294 g/mol. The van der Waals surface area contributed by atoms with Gasteiger partial charge in [-0.1, -0.05) is 31.5 Å². The third kappa shape index (κ3) is 3.24. The molecule has 7 heteroatoms. The zero-order valence-corrected chi connectivity index (χ0v) is 12.9. The zero-order chi connectivity index (χ0) is 16.2. The Morgan fingerprint density at radius 1 is 1.35 bits per heavy atom. The molecule has 0 aliphatic carbocycles. The van der Waals surface area contributed by atoms with Crippen LogP contribution in [0.5, 0.6) is 0 Å². The molecule has 0 amide bonds. The van der Waals surface area contributed by atoms with Crippen LogP contribution in [-0.2, 0) is 0 Å². The summed E-state index contributed by atoms with van der Waals surface area (Å²) in [4.78, 5) is 19.3. The molecule has 23 heavy (non-hydrogen) atoms. The fourth-order valence-corrected chi connectivity index (χ4v) is 2.41. The van der Waals surface area contributed by atoms with E-state index >= 15 is 0 Å². The standard InChI is InChI=1S/C16H19N5O2/c1-2-6-12(22)9-17-16-19-14-13(15(23)20-16)10-18-21(14)11-7-4-3-5-8-11/h3-5,7-8,10,12,22H,2,6,9H2,1H3,(H2,17,19,20,23). The molecule has 3 aromatic rings. The van der Waals surface area contributed by atoms with Crippen molar-refractivity contribution in [3.63, 3.8) is 0 Å². The highest BCUT2D eigenvalue weighted by Crippen LogP contribution is 2.14. The number of rotatable bonds is 6. The minimum atomic E-state index is -0.472. The molecule has 0 saturated heterocycles. The number of nitrogens with one attached hydrogen (secondary N) is 2. The van der Waals surface area contributed by atoms with Crippen LogP contribution in [0.1, 0.15) is 19.8 Å². The summed E-state index contributed by atoms with van der Waals surface area (Å²) in [5.41, 5.74) is 1.05. The van der Waals surface area contributed by atoms with Crippen LogP contribution in [0.25, 0.3) is 16.7 Å². The van der Waals surface area contributed by atoms with Gasteiger partial charge in [-0.05, 0) is 18.6 Å². The van der Waals surface area contributed by atoms with Crippen LogP contribution >= 0.6 is 0 Å². The summed E-state index contributed by atoms with van der Waals surface area (Å²) >= 11 is 0. The molecule has 0 aliphatic rings. The molecule has 3 N–H and O–H groups in total. The monoisotopic (exact) mass is 313 g/mol. The van der Waals surface area contributed by atoms with E-state index in [-0.39, 0.29) is 5.56 Å². The first-order chi connectivity index (χ1) is 11.2. The van der Waals surface area contributed by atoms with Crippen LogP contribution in [0.15, 0.2) is 41.3 Å². The van der Waals surface area contributed by atoms with Gasteiger partial charge in [0.15, 0.2) is 5.65 Å². The molecule has 2 heterocycles. The molecule has 7 nitrogen and oxygen atoms in total. The van der Waals surface area contributed by atoms with Crippen LogP contribution in [0, 0.1) is 0 Å². The van der Waals surface area contributed by atoms with Gasteiger partial charge in [-0.25, -0.2) is 4.68 Å². The molecule has 2 aromatic heterocycles. The third-order valence-electron chi connectivity index (χ3n) is 3.57. The highest BCUT2D eigenvalue weighted by Gasteiger charge is 2.12. The fourth-order valence-electron chi connectivity index (χ4n) is 2.41. The number of aliphatic hydroxyl groups is 1. The van der Waals surface area contributed by atoms with E-state index in [4.69, 9.17) is 0 Å². The molecule has 0 fully saturated rings. The Kier molecular flexibility index (Phi) is 4.38. The quantitative estimate of drug-likeness (QED) is 0.643. The summed E-state index contributed by atoms with van der Waals surface area (Å²) in [5.74, 6) is 0.329. The normalized spacial score (nSPS) is 12.4. The number of aromatic nitrogens is 4. The lowest BCUT2D eigenvalue weighted by atomic mass is 10.2. The number of fused-ring (bicyclic) bond motifs is 1. The van der Waals surface area contributed by atoms with E-state index in [1.165, 1.54) is 6.20 Å². The van der Waals surface area contributed by atoms with Crippen molar-refractivity contribution >= 4 is 17.0 Å². The molecule has 3 rings (SSSR count). The van der Waals surface area contributed by atoms with E-state index in [1.807, 2.05) is 37.3 Å². The predicted octanol–water partition coefficient (Wildman–Crippen LogP) is 1.68. The lowest BCUT2D eigenvalue weighted by molar-refractivity contribution is 0.176. The molecule has 0 saturated carbocycles. The molecule has 1 aromatic carbocycles. The van der Waals surface area contributed by atoms with Gasteiger partial charge in [0.25, 0.3) is 5.56 Å². The highest BCUT2D eigenvalue weighted by molar-refractivity contribution is 5.76. The number of nitrogens with zero attached hydrogens (tertiary/aromatic N) is 3. The number of hydrogen-bond acceptors (Lipinski definition) is 5. The minimum absolute atomic E-state index is 0.260. The summed E-state index contributed by atoms with van der Waals surface area (Å²) in [6, 6.07) is 9.50. The second-order valence-electron chi connectivity index (χ2n) is 5.37. The Morgan fingerprint density at radius 2 is 2.13 bits per heavy atom. The van der Waals surface area contributed by atoms with E-state index < -0.39 is 6.10 Å². The number of H-pyrrole nitrogens is 1. The van der Waals surface area contributed by atoms with Crippen molar-refractivity contribution in [1.82, 2.24) is 19.7 Å². The first-order valence-electron chi connectivity index (χ1n) is 7.64. The molecular formula is C16H19N5O2. The number of para-hydroxylation sites is 1. The summed E-state index contributed by atoms with van der Waals surface area (Å²) in [7, 11) is 0. The molecule has 0 radical (unpaired) electrons. The van der Waals surface area contributed by atoms with Gasteiger partial charge < -0.3 is 10.4 Å². The van der Waals surface area contributed by atoms with Gasteiger partial charge in [-0.2, -0.15) is 10.1 Å². The lowest BCUT2D eigenvalue weighted by Gasteiger charge is -2.11. The van der Waals surface area contributed by atoms with Crippen LogP contribution in [-0.4, -0.2) is 37.5 Å². The van der Waals surface area contributed by atoms with Crippen LogP contribution in [0.2, 0.25) is 0 Å². The number of benzene rings is 1. The van der Waals surface area contributed by atoms with Crippen molar-refractivity contribution in [1.29, 1.82) is 0 Å². The summed E-state index contributed by atoms with van der Waals surface area (Å²) in [5, 5.41) is 17.4. The van der Waals surface area contributed by atoms with Crippen LogP contribution < -0.4 is 10.9 Å². The van der Waals surface area contributed by atoms with E-state index in [2.05, 4.69) is 20.4 Å². The SMILES string of the molecule is CCCC(O)CNc1nc2c(cnn2-c2ccccc2)c(=O)[nH]1. The van der Waals surface area contributed by atoms with Crippen molar-refractivity contribution < 1.29 is 5.11 Å². The second-order valence-corrected chi connectivity index (χ2v) is 5.37. The van der Waals surface area contributed by atoms with Crippen LogP contribution in [0.3, 0.4) is 0 Å². The van der Waals surface area contributed by atoms with E-state index in [1.54, 1.807) is 4.68 Å². The summed E-state index contributed by atoms with van der Waals surface area (Å²) < 4.78 is 1.62. The van der Waals surface area contributed by atoms with Gasteiger partial charge >= 0.3 is 0 Å². The number of hydrogen-bond donors (Lipinski definition) is 3. The second kappa shape index (κ2) is 6.62. The van der Waals surface area contributed by atoms with E-state index in [9.17, 15) is 9.90 Å². The van der Waals surface area contributed by atoms with Crippen LogP contribution in [0.4, 0.5) is 5.95 Å². The summed E-state index contributed by atoms with van der Waals surface area (Å²) in [6.45, 7) is 2.34. The van der Waals surface area contributed by atoms with Crippen molar-refractivity contribution in [2.24, 2.45) is 0 Å². The Hall–Kier alpha value is -2.67. The Balaban J connectivity index is 1.95. The predicted molar refractivity (Wildman–Crippen MR) is 88.9 cm³/mol. The third-order valence-corrected chi connectivity index (χ3v) is 3.57. The van der Waals surface area contributed by atoms with Crippen molar-refractivity contribution in [2.45, 2.75) is 25.9 Å². The molecule has 1 atom stereocenters. The Morgan fingerprint density at radius 3 is 2.87 bits per heavy atom. The number of aromatic amines is 1. The molecule has 0 spiro atoms. The smallest absolute Gasteiger partial charge is 0.263 e. The average Bonchev–Trinajstić information content (AvgIpc) is 2.98. The molecule has 0 aliphatic heterocycles. The van der Waals surface area contributed by atoms with E-state index in [0.717, 1.165) is 12.1 Å². The molecule has 120 valence electrons. The largest absolute Gasteiger partial charge is 0.391 e. The zero-order valence-electron chi connectivity index (χ0n) is 12.9. The highest BCUT2D eigenvalue weighted by atomic mass is 16.3. The molecule has 1 unspecified atom stereocenters. The Labute approximate surface area is 133 Å². The van der Waals surface area contributed by atoms with Gasteiger partial charge in [-0.3, -0.25) is 9.78 Å². The van der Waals surface area contributed by atoms with Gasteiger partial charge in [0.1, 0.15) is 5.39 Å². The number of anilines is 1. The van der Waals surface area contributed by atoms with Crippen molar-refractivity contribution in [2.75, 3.05) is 11.9 Å². The Bertz CT molecular complexity index is 841. The first-order valence-corrected chi connectivity index (χ1v) is 7.64. The average molecular weight is 313 g/mol. The van der Waals surface area contributed by atoms with Gasteiger partial charge in [0.05, 0.1) is 18.0 Å². The first kappa shape index (κ1) is 15.2. The number of aliphatic hydroxyl groups excluding tert-OH is 1. The maximum Gasteiger partial charge on any atom is 0.263 e. The van der Waals surface area contributed by atoms with Crippen molar-refractivity contribution in [3.05, 3.63) is 46.9 Å². The van der Waals surface area contributed by atoms with E-state index in [0.29, 0.717) is 29.9 Å². The van der Waals surface area contributed by atoms with Gasteiger partial charge in [0.2, 0.25) is 5.95 Å². The maximum atomic E-state index is 12.2. The maximum absolute atomic E-state index is 12.2. The topological polar surface area (TPSA) is 95.8 Å². The fraction of sp³-hybridized carbons (Fsp3) is 0.312. The van der Waals surface area contributed by atoms with Gasteiger partial charge in [-0.15, -0.1) is 0 Å².